The summed E-state index contributed by atoms with van der Waals surface area (Å²) in [6.45, 7) is 0.404. The zero-order chi connectivity index (χ0) is 22.4. The second-order valence-electron chi connectivity index (χ2n) is 8.11. The first kappa shape index (κ1) is 20.1. The van der Waals surface area contributed by atoms with Gasteiger partial charge in [0.05, 0.1) is 29.6 Å². The molecule has 2 aromatic carbocycles. The summed E-state index contributed by atoms with van der Waals surface area (Å²) in [5, 5.41) is 27.2. The van der Waals surface area contributed by atoms with Gasteiger partial charge >= 0.3 is 0 Å². The average molecular weight is 427 g/mol. The van der Waals surface area contributed by atoms with Gasteiger partial charge in [-0.1, -0.05) is 30.3 Å². The maximum Gasteiger partial charge on any atom is 0.244 e. The van der Waals surface area contributed by atoms with Crippen LogP contribution in [0, 0.1) is 11.3 Å². The zero-order valence-corrected chi connectivity index (χ0v) is 17.4. The first-order valence-electron chi connectivity index (χ1n) is 10.4. The molecule has 160 valence electrons. The van der Waals surface area contributed by atoms with Crippen LogP contribution in [0.25, 0.3) is 22.4 Å². The monoisotopic (exact) mass is 427 g/mol. The number of piperidine rings is 1. The van der Waals surface area contributed by atoms with Crippen LogP contribution < -0.4 is 5.32 Å². The van der Waals surface area contributed by atoms with Gasteiger partial charge in [0.25, 0.3) is 0 Å². The summed E-state index contributed by atoms with van der Waals surface area (Å²) in [7, 11) is 1.84. The van der Waals surface area contributed by atoms with Crippen LogP contribution in [0.4, 0.5) is 0 Å². The molecule has 3 aromatic rings. The number of aliphatic hydroxyl groups is 1. The summed E-state index contributed by atoms with van der Waals surface area (Å²) >= 11 is 0. The van der Waals surface area contributed by atoms with Gasteiger partial charge < -0.3 is 5.11 Å². The fourth-order valence-corrected chi connectivity index (χ4v) is 4.66. The first-order chi connectivity index (χ1) is 15.5. The quantitative estimate of drug-likeness (QED) is 0.620. The second kappa shape index (κ2) is 7.71. The lowest BCUT2D eigenvalue weighted by molar-refractivity contribution is -0.141. The zero-order valence-electron chi connectivity index (χ0n) is 17.4. The van der Waals surface area contributed by atoms with Crippen molar-refractivity contribution in [3.8, 4) is 28.5 Å². The summed E-state index contributed by atoms with van der Waals surface area (Å²) in [4.78, 5) is 25.5. The number of nitrogens with one attached hydrogen (secondary N) is 1. The van der Waals surface area contributed by atoms with Crippen molar-refractivity contribution in [2.45, 2.75) is 31.7 Å². The molecule has 2 atom stereocenters. The van der Waals surface area contributed by atoms with E-state index in [0.717, 1.165) is 33.5 Å². The third-order valence-electron chi connectivity index (χ3n) is 6.25. The van der Waals surface area contributed by atoms with Crippen LogP contribution in [0.15, 0.2) is 48.7 Å². The van der Waals surface area contributed by atoms with Gasteiger partial charge in [-0.15, -0.1) is 0 Å². The number of fused-ring (bicyclic) bond motifs is 1. The van der Waals surface area contributed by atoms with Crippen molar-refractivity contribution in [3.05, 3.63) is 65.4 Å². The Labute approximate surface area is 184 Å². The Kier molecular flexibility index (Phi) is 4.85. The highest BCUT2D eigenvalue weighted by atomic mass is 16.3. The third kappa shape index (κ3) is 3.19. The number of hydrogen-bond acceptors (Lipinski definition) is 6. The van der Waals surface area contributed by atoms with Crippen LogP contribution in [0.1, 0.15) is 35.8 Å². The summed E-state index contributed by atoms with van der Waals surface area (Å²) in [6, 6.07) is 14.9. The van der Waals surface area contributed by atoms with Crippen molar-refractivity contribution in [1.82, 2.24) is 20.0 Å². The van der Waals surface area contributed by atoms with E-state index in [2.05, 4.69) is 16.5 Å². The molecule has 0 radical (unpaired) electrons. The van der Waals surface area contributed by atoms with Crippen molar-refractivity contribution in [2.24, 2.45) is 7.05 Å². The van der Waals surface area contributed by atoms with Crippen LogP contribution in [-0.4, -0.2) is 37.6 Å². The number of aromatic nitrogens is 2. The van der Waals surface area contributed by atoms with E-state index < -0.39 is 12.3 Å². The smallest absolute Gasteiger partial charge is 0.244 e. The summed E-state index contributed by atoms with van der Waals surface area (Å²) in [5.41, 5.74) is 5.67. The van der Waals surface area contributed by atoms with Gasteiger partial charge in [-0.05, 0) is 35.2 Å². The van der Waals surface area contributed by atoms with Crippen molar-refractivity contribution in [2.75, 3.05) is 0 Å². The largest absolute Gasteiger partial charge is 0.374 e. The highest BCUT2D eigenvalue weighted by Crippen LogP contribution is 2.39. The molecular formula is C24H21N5O3. The van der Waals surface area contributed by atoms with E-state index in [0.29, 0.717) is 18.5 Å². The van der Waals surface area contributed by atoms with E-state index in [4.69, 9.17) is 0 Å². The van der Waals surface area contributed by atoms with Crippen LogP contribution in [0.3, 0.4) is 0 Å². The predicted molar refractivity (Wildman–Crippen MR) is 115 cm³/mol. The lowest BCUT2D eigenvalue weighted by atomic mass is 9.96. The lowest BCUT2D eigenvalue weighted by Gasteiger charge is -2.31. The SMILES string of the molecule is Cn1ncc(-c2ccc3c(c2)CN(C2CCC(=O)NC2=O)C3O)c1-c1ccccc1C#N. The van der Waals surface area contributed by atoms with Gasteiger partial charge in [-0.2, -0.15) is 10.4 Å². The molecule has 0 spiro atoms. The molecule has 8 nitrogen and oxygen atoms in total. The van der Waals surface area contributed by atoms with Gasteiger partial charge in [0.15, 0.2) is 0 Å². The fourth-order valence-electron chi connectivity index (χ4n) is 4.66. The summed E-state index contributed by atoms with van der Waals surface area (Å²) in [6.07, 6.45) is 1.52. The summed E-state index contributed by atoms with van der Waals surface area (Å²) < 4.78 is 1.75. The minimum Gasteiger partial charge on any atom is -0.374 e. The standard InChI is InChI=1S/C24H21N5O3/c1-28-22(17-5-3-2-4-15(17)11-25)19(12-26-28)14-6-7-18-16(10-14)13-29(24(18)32)20-8-9-21(30)27-23(20)31/h2-7,10,12,20,24,32H,8-9,13H2,1H3,(H,27,30,31). The van der Waals surface area contributed by atoms with Crippen LogP contribution >= 0.6 is 0 Å². The molecule has 32 heavy (non-hydrogen) atoms. The molecule has 3 heterocycles. The molecule has 1 fully saturated rings. The Morgan fingerprint density at radius 3 is 2.78 bits per heavy atom. The molecule has 2 amide bonds. The van der Waals surface area contributed by atoms with Crippen molar-refractivity contribution >= 4 is 11.8 Å². The van der Waals surface area contributed by atoms with Crippen molar-refractivity contribution < 1.29 is 14.7 Å². The number of amides is 2. The van der Waals surface area contributed by atoms with E-state index in [9.17, 15) is 20.0 Å². The molecule has 5 rings (SSSR count). The number of benzene rings is 2. The fraction of sp³-hybridized carbons (Fsp3) is 0.250. The number of carbonyl (C=O) groups excluding carboxylic acids is 2. The first-order valence-corrected chi connectivity index (χ1v) is 10.4. The Hall–Kier alpha value is -3.80. The number of rotatable bonds is 3. The number of carbonyl (C=O) groups is 2. The Balaban J connectivity index is 1.51. The van der Waals surface area contributed by atoms with E-state index in [1.54, 1.807) is 21.8 Å². The molecule has 2 aliphatic heterocycles. The van der Waals surface area contributed by atoms with Gasteiger partial charge in [0, 0.05) is 31.1 Å². The normalized spacial score (nSPS) is 20.7. The van der Waals surface area contributed by atoms with Crippen LogP contribution in [0.5, 0.6) is 0 Å². The van der Waals surface area contributed by atoms with Gasteiger partial charge in [0.2, 0.25) is 11.8 Å². The molecule has 0 saturated carbocycles. The van der Waals surface area contributed by atoms with Gasteiger partial charge in [0.1, 0.15) is 6.23 Å². The van der Waals surface area contributed by atoms with Gasteiger partial charge in [-0.3, -0.25) is 24.5 Å². The molecular weight excluding hydrogens is 406 g/mol. The number of hydrogen-bond donors (Lipinski definition) is 2. The number of aryl methyl sites for hydroxylation is 1. The molecule has 8 heteroatoms. The van der Waals surface area contributed by atoms with Crippen molar-refractivity contribution in [3.63, 3.8) is 0 Å². The van der Waals surface area contributed by atoms with E-state index >= 15 is 0 Å². The minimum absolute atomic E-state index is 0.262. The molecule has 0 aliphatic carbocycles. The number of aliphatic hydroxyl groups excluding tert-OH is 1. The molecule has 2 unspecified atom stereocenters. The van der Waals surface area contributed by atoms with E-state index in [1.807, 2.05) is 43.4 Å². The molecule has 2 aliphatic rings. The van der Waals surface area contributed by atoms with E-state index in [1.165, 1.54) is 0 Å². The van der Waals surface area contributed by atoms with Crippen LogP contribution in [0.2, 0.25) is 0 Å². The molecule has 0 bridgehead atoms. The number of nitriles is 1. The topological polar surface area (TPSA) is 111 Å². The number of imide groups is 1. The Morgan fingerprint density at radius 2 is 2.00 bits per heavy atom. The van der Waals surface area contributed by atoms with Gasteiger partial charge in [-0.25, -0.2) is 0 Å². The van der Waals surface area contributed by atoms with Crippen LogP contribution in [-0.2, 0) is 23.2 Å². The lowest BCUT2D eigenvalue weighted by Crippen LogP contribution is -2.51. The average Bonchev–Trinajstić information content (AvgIpc) is 3.33. The molecule has 1 aromatic heterocycles. The maximum atomic E-state index is 12.3. The predicted octanol–water partition coefficient (Wildman–Crippen LogP) is 2.24. The second-order valence-corrected chi connectivity index (χ2v) is 8.11. The summed E-state index contributed by atoms with van der Waals surface area (Å²) in [5.74, 6) is -0.641. The minimum atomic E-state index is -0.907. The highest BCUT2D eigenvalue weighted by Gasteiger charge is 2.39. The number of nitrogens with zero attached hydrogens (tertiary/aromatic N) is 4. The molecule has 2 N–H and O–H groups in total. The Bertz CT molecular complexity index is 1290. The highest BCUT2D eigenvalue weighted by molar-refractivity contribution is 6.00. The Morgan fingerprint density at radius 1 is 1.19 bits per heavy atom. The maximum absolute atomic E-state index is 12.3. The van der Waals surface area contributed by atoms with E-state index in [-0.39, 0.29) is 18.2 Å². The van der Waals surface area contributed by atoms with Crippen molar-refractivity contribution in [1.29, 1.82) is 5.26 Å². The third-order valence-corrected chi connectivity index (χ3v) is 6.25. The molecule has 1 saturated heterocycles.